The Labute approximate surface area is 144 Å². The van der Waals surface area contributed by atoms with Crippen LogP contribution in [0.3, 0.4) is 0 Å². The average Bonchev–Trinajstić information content (AvgIpc) is 2.65. The van der Waals surface area contributed by atoms with Crippen LogP contribution in [0, 0.1) is 5.82 Å². The van der Waals surface area contributed by atoms with E-state index in [2.05, 4.69) is 15.3 Å². The molecule has 3 rings (SSSR count). The number of hydrogen-bond donors (Lipinski definition) is 1. The number of para-hydroxylation sites is 1. The highest BCUT2D eigenvalue weighted by Gasteiger charge is 2.14. The van der Waals surface area contributed by atoms with Gasteiger partial charge >= 0.3 is 0 Å². The Kier molecular flexibility index (Phi) is 5.18. The lowest BCUT2D eigenvalue weighted by molar-refractivity contribution is -0.123. The number of fused-ring (bicyclic) bond motifs is 1. The molecule has 1 unspecified atom stereocenters. The smallest absolute Gasteiger partial charge is 0.258 e. The molecule has 1 atom stereocenters. The van der Waals surface area contributed by atoms with Crippen LogP contribution in [-0.2, 0) is 4.79 Å². The maximum absolute atomic E-state index is 13.0. The molecule has 1 aromatic heterocycles. The zero-order valence-corrected chi connectivity index (χ0v) is 13.8. The summed E-state index contributed by atoms with van der Waals surface area (Å²) in [5.74, 6) is -0.196. The highest BCUT2D eigenvalue weighted by atomic mass is 19.1. The Morgan fingerprint density at radius 2 is 1.92 bits per heavy atom. The van der Waals surface area contributed by atoms with Crippen LogP contribution in [0.1, 0.15) is 24.9 Å². The summed E-state index contributed by atoms with van der Waals surface area (Å²) in [5, 5.41) is 3.64. The van der Waals surface area contributed by atoms with E-state index in [-0.39, 0.29) is 24.4 Å². The topological polar surface area (TPSA) is 64.1 Å². The molecule has 0 aliphatic rings. The second-order valence-corrected chi connectivity index (χ2v) is 5.56. The first-order valence-corrected chi connectivity index (χ1v) is 8.04. The molecular weight excluding hydrogens is 321 g/mol. The SMILES string of the molecule is CCC(NC(=O)COc1ncnc2ccccc12)c1ccc(F)cc1. The van der Waals surface area contributed by atoms with Crippen molar-refractivity contribution in [2.75, 3.05) is 6.61 Å². The highest BCUT2D eigenvalue weighted by molar-refractivity contribution is 5.84. The first kappa shape index (κ1) is 16.8. The van der Waals surface area contributed by atoms with Crippen molar-refractivity contribution >= 4 is 16.8 Å². The minimum atomic E-state index is -0.302. The van der Waals surface area contributed by atoms with Crippen molar-refractivity contribution in [1.29, 1.82) is 0 Å². The molecule has 6 heteroatoms. The lowest BCUT2D eigenvalue weighted by Crippen LogP contribution is -2.32. The average molecular weight is 339 g/mol. The van der Waals surface area contributed by atoms with E-state index >= 15 is 0 Å². The summed E-state index contributed by atoms with van der Waals surface area (Å²) in [4.78, 5) is 20.5. The van der Waals surface area contributed by atoms with E-state index < -0.39 is 0 Å². The number of amides is 1. The molecule has 128 valence electrons. The minimum absolute atomic E-state index is 0.154. The predicted molar refractivity (Wildman–Crippen MR) is 92.6 cm³/mol. The van der Waals surface area contributed by atoms with Crippen LogP contribution < -0.4 is 10.1 Å². The van der Waals surface area contributed by atoms with Crippen molar-refractivity contribution in [2.24, 2.45) is 0 Å². The molecule has 0 fully saturated rings. The van der Waals surface area contributed by atoms with Gasteiger partial charge in [-0.25, -0.2) is 14.4 Å². The van der Waals surface area contributed by atoms with Crippen LogP contribution in [0.25, 0.3) is 10.9 Å². The van der Waals surface area contributed by atoms with Gasteiger partial charge in [0.2, 0.25) is 5.88 Å². The number of aromatic nitrogens is 2. The molecule has 0 aliphatic carbocycles. The maximum Gasteiger partial charge on any atom is 0.258 e. The molecule has 0 bridgehead atoms. The fourth-order valence-electron chi connectivity index (χ4n) is 2.58. The van der Waals surface area contributed by atoms with Crippen LogP contribution in [0.5, 0.6) is 5.88 Å². The van der Waals surface area contributed by atoms with E-state index in [1.54, 1.807) is 12.1 Å². The Hall–Kier alpha value is -3.02. The van der Waals surface area contributed by atoms with Crippen molar-refractivity contribution in [2.45, 2.75) is 19.4 Å². The van der Waals surface area contributed by atoms with Gasteiger partial charge in [-0.1, -0.05) is 31.2 Å². The molecular formula is C19H18FN3O2. The van der Waals surface area contributed by atoms with Gasteiger partial charge < -0.3 is 10.1 Å². The van der Waals surface area contributed by atoms with Gasteiger partial charge in [-0.15, -0.1) is 0 Å². The van der Waals surface area contributed by atoms with Crippen molar-refractivity contribution < 1.29 is 13.9 Å². The number of halogens is 1. The van der Waals surface area contributed by atoms with Gasteiger partial charge in [-0.05, 0) is 36.2 Å². The van der Waals surface area contributed by atoms with Crippen LogP contribution in [0.2, 0.25) is 0 Å². The fraction of sp³-hybridized carbons (Fsp3) is 0.211. The Morgan fingerprint density at radius 1 is 1.16 bits per heavy atom. The van der Waals surface area contributed by atoms with E-state index in [1.165, 1.54) is 18.5 Å². The second-order valence-electron chi connectivity index (χ2n) is 5.56. The number of hydrogen-bond acceptors (Lipinski definition) is 4. The summed E-state index contributed by atoms with van der Waals surface area (Å²) in [7, 11) is 0. The molecule has 25 heavy (non-hydrogen) atoms. The van der Waals surface area contributed by atoms with Crippen LogP contribution in [-0.4, -0.2) is 22.5 Å². The molecule has 1 heterocycles. The molecule has 0 radical (unpaired) electrons. The molecule has 5 nitrogen and oxygen atoms in total. The number of benzene rings is 2. The molecule has 1 amide bonds. The summed E-state index contributed by atoms with van der Waals surface area (Å²) in [6, 6.07) is 13.3. The summed E-state index contributed by atoms with van der Waals surface area (Å²) < 4.78 is 18.6. The largest absolute Gasteiger partial charge is 0.467 e. The van der Waals surface area contributed by atoms with Gasteiger partial charge in [-0.3, -0.25) is 4.79 Å². The summed E-state index contributed by atoms with van der Waals surface area (Å²) in [6.07, 6.45) is 2.09. The normalized spacial score (nSPS) is 11.9. The molecule has 0 saturated heterocycles. The fourth-order valence-corrected chi connectivity index (χ4v) is 2.58. The van der Waals surface area contributed by atoms with E-state index in [1.807, 2.05) is 31.2 Å². The maximum atomic E-state index is 13.0. The lowest BCUT2D eigenvalue weighted by atomic mass is 10.0. The number of carbonyl (C=O) groups excluding carboxylic acids is 1. The quantitative estimate of drug-likeness (QED) is 0.747. The van der Waals surface area contributed by atoms with Gasteiger partial charge in [0.25, 0.3) is 5.91 Å². The highest BCUT2D eigenvalue weighted by Crippen LogP contribution is 2.21. The van der Waals surface area contributed by atoms with E-state index in [0.29, 0.717) is 12.3 Å². The third-order valence-corrected chi connectivity index (χ3v) is 3.86. The van der Waals surface area contributed by atoms with Crippen LogP contribution in [0.15, 0.2) is 54.9 Å². The molecule has 2 aromatic carbocycles. The third-order valence-electron chi connectivity index (χ3n) is 3.86. The van der Waals surface area contributed by atoms with Crippen LogP contribution in [0.4, 0.5) is 4.39 Å². The Balaban J connectivity index is 1.64. The van der Waals surface area contributed by atoms with Crippen molar-refractivity contribution in [1.82, 2.24) is 15.3 Å². The third kappa shape index (κ3) is 4.09. The van der Waals surface area contributed by atoms with Gasteiger partial charge in [0, 0.05) is 0 Å². The summed E-state index contributed by atoms with van der Waals surface area (Å²) in [6.45, 7) is 1.80. The lowest BCUT2D eigenvalue weighted by Gasteiger charge is -2.17. The van der Waals surface area contributed by atoms with Gasteiger partial charge in [0.05, 0.1) is 16.9 Å². The monoisotopic (exact) mass is 339 g/mol. The minimum Gasteiger partial charge on any atom is -0.467 e. The van der Waals surface area contributed by atoms with E-state index in [0.717, 1.165) is 16.5 Å². The number of ether oxygens (including phenoxy) is 1. The molecule has 1 N–H and O–H groups in total. The zero-order chi connectivity index (χ0) is 17.6. The Morgan fingerprint density at radius 3 is 2.68 bits per heavy atom. The Bertz CT molecular complexity index is 863. The van der Waals surface area contributed by atoms with Crippen molar-refractivity contribution in [3.05, 3.63) is 66.2 Å². The zero-order valence-electron chi connectivity index (χ0n) is 13.8. The summed E-state index contributed by atoms with van der Waals surface area (Å²) >= 11 is 0. The first-order valence-electron chi connectivity index (χ1n) is 8.04. The first-order chi connectivity index (χ1) is 12.2. The number of nitrogens with zero attached hydrogens (tertiary/aromatic N) is 2. The van der Waals surface area contributed by atoms with Gasteiger partial charge in [0.15, 0.2) is 6.61 Å². The second kappa shape index (κ2) is 7.70. The number of rotatable bonds is 6. The van der Waals surface area contributed by atoms with Gasteiger partial charge in [0.1, 0.15) is 12.1 Å². The molecule has 0 saturated carbocycles. The predicted octanol–water partition coefficient (Wildman–Crippen LogP) is 3.42. The molecule has 0 spiro atoms. The number of carbonyl (C=O) groups is 1. The standard InChI is InChI=1S/C19H18FN3O2/c1-2-16(13-7-9-14(20)10-8-13)23-18(24)11-25-19-15-5-3-4-6-17(15)21-12-22-19/h3-10,12,16H,2,11H2,1H3,(H,23,24). The van der Waals surface area contributed by atoms with E-state index in [4.69, 9.17) is 4.74 Å². The van der Waals surface area contributed by atoms with Crippen LogP contribution >= 0.6 is 0 Å². The van der Waals surface area contributed by atoms with Crippen molar-refractivity contribution in [3.63, 3.8) is 0 Å². The number of nitrogens with one attached hydrogen (secondary N) is 1. The molecule has 0 aliphatic heterocycles. The van der Waals surface area contributed by atoms with E-state index in [9.17, 15) is 9.18 Å². The molecule has 3 aromatic rings. The van der Waals surface area contributed by atoms with Gasteiger partial charge in [-0.2, -0.15) is 0 Å². The van der Waals surface area contributed by atoms with Crippen molar-refractivity contribution in [3.8, 4) is 5.88 Å². The summed E-state index contributed by atoms with van der Waals surface area (Å²) in [5.41, 5.74) is 1.61.